The molecule has 0 bridgehead atoms. The van der Waals surface area contributed by atoms with Crippen molar-refractivity contribution in [2.24, 2.45) is 0 Å². The molecule has 6 nitrogen and oxygen atoms in total. The lowest BCUT2D eigenvalue weighted by Crippen LogP contribution is -2.46. The fourth-order valence-electron chi connectivity index (χ4n) is 3.27. The van der Waals surface area contributed by atoms with Crippen molar-refractivity contribution in [3.63, 3.8) is 0 Å². The quantitative estimate of drug-likeness (QED) is 0.698. The van der Waals surface area contributed by atoms with Gasteiger partial charge in [0.1, 0.15) is 11.6 Å². The highest BCUT2D eigenvalue weighted by molar-refractivity contribution is 6.30. The van der Waals surface area contributed by atoms with E-state index in [-0.39, 0.29) is 0 Å². The van der Waals surface area contributed by atoms with Crippen LogP contribution in [0.4, 0.5) is 23.1 Å². The number of anilines is 4. The molecule has 0 unspecified atom stereocenters. The molecule has 1 saturated heterocycles. The van der Waals surface area contributed by atoms with Crippen LogP contribution in [0.25, 0.3) is 0 Å². The van der Waals surface area contributed by atoms with E-state index in [1.165, 1.54) is 5.69 Å². The fraction of sp³-hybridized carbons (Fsp3) is 0.238. The molecule has 1 fully saturated rings. The molecule has 0 radical (unpaired) electrons. The number of ether oxygens (including phenoxy) is 1. The summed E-state index contributed by atoms with van der Waals surface area (Å²) < 4.78 is 5.24. The highest BCUT2D eigenvalue weighted by Gasteiger charge is 2.19. The molecule has 3 aromatic rings. The van der Waals surface area contributed by atoms with E-state index in [4.69, 9.17) is 16.3 Å². The fourth-order valence-corrected chi connectivity index (χ4v) is 3.46. The van der Waals surface area contributed by atoms with Gasteiger partial charge in [-0.05, 0) is 48.5 Å². The molecule has 1 aliphatic rings. The number of nitrogens with one attached hydrogen (secondary N) is 1. The third-order valence-electron chi connectivity index (χ3n) is 4.76. The number of rotatable bonds is 5. The van der Waals surface area contributed by atoms with Gasteiger partial charge < -0.3 is 19.9 Å². The zero-order chi connectivity index (χ0) is 19.3. The summed E-state index contributed by atoms with van der Waals surface area (Å²) in [6.45, 7) is 3.68. The van der Waals surface area contributed by atoms with Gasteiger partial charge in [0.2, 0.25) is 5.95 Å². The Morgan fingerprint density at radius 1 is 0.964 bits per heavy atom. The summed E-state index contributed by atoms with van der Waals surface area (Å²) in [5.74, 6) is 2.37. The van der Waals surface area contributed by atoms with Crippen LogP contribution < -0.4 is 19.9 Å². The van der Waals surface area contributed by atoms with E-state index in [9.17, 15) is 0 Å². The summed E-state index contributed by atoms with van der Waals surface area (Å²) in [5, 5.41) is 3.89. The Hall–Kier alpha value is -2.99. The van der Waals surface area contributed by atoms with Crippen LogP contribution in [0.1, 0.15) is 0 Å². The summed E-state index contributed by atoms with van der Waals surface area (Å²) >= 11 is 6.04. The molecule has 1 N–H and O–H groups in total. The average molecular weight is 396 g/mol. The first-order valence-electron chi connectivity index (χ1n) is 9.21. The predicted molar refractivity (Wildman–Crippen MR) is 114 cm³/mol. The molecule has 2 aromatic carbocycles. The smallest absolute Gasteiger partial charge is 0.229 e. The minimum atomic E-state index is 0.567. The van der Waals surface area contributed by atoms with E-state index in [0.717, 1.165) is 43.4 Å². The number of benzene rings is 2. The van der Waals surface area contributed by atoms with Gasteiger partial charge in [0, 0.05) is 48.8 Å². The van der Waals surface area contributed by atoms with E-state index >= 15 is 0 Å². The number of piperazine rings is 1. The van der Waals surface area contributed by atoms with Crippen LogP contribution in [0.5, 0.6) is 5.75 Å². The van der Waals surface area contributed by atoms with Gasteiger partial charge in [0.15, 0.2) is 0 Å². The lowest BCUT2D eigenvalue weighted by molar-refractivity contribution is 0.415. The molecule has 1 aromatic heterocycles. The Morgan fingerprint density at radius 3 is 2.43 bits per heavy atom. The Labute approximate surface area is 169 Å². The molecule has 0 amide bonds. The normalized spacial score (nSPS) is 14.1. The molecule has 144 valence electrons. The van der Waals surface area contributed by atoms with Crippen LogP contribution in [-0.2, 0) is 0 Å². The van der Waals surface area contributed by atoms with Crippen LogP contribution in [0, 0.1) is 0 Å². The molecule has 7 heteroatoms. The van der Waals surface area contributed by atoms with Gasteiger partial charge in [-0.3, -0.25) is 0 Å². The van der Waals surface area contributed by atoms with Crippen molar-refractivity contribution >= 4 is 34.7 Å². The van der Waals surface area contributed by atoms with Crippen molar-refractivity contribution in [1.29, 1.82) is 0 Å². The monoisotopic (exact) mass is 395 g/mol. The lowest BCUT2D eigenvalue weighted by atomic mass is 10.2. The molecule has 0 spiro atoms. The molecule has 0 saturated carbocycles. The number of hydrogen-bond donors (Lipinski definition) is 1. The van der Waals surface area contributed by atoms with Gasteiger partial charge in [0.25, 0.3) is 0 Å². The van der Waals surface area contributed by atoms with E-state index < -0.39 is 0 Å². The van der Waals surface area contributed by atoms with Crippen molar-refractivity contribution in [3.8, 4) is 5.75 Å². The summed E-state index contributed by atoms with van der Waals surface area (Å²) in [4.78, 5) is 13.7. The first kappa shape index (κ1) is 18.4. The van der Waals surface area contributed by atoms with E-state index in [0.29, 0.717) is 11.0 Å². The van der Waals surface area contributed by atoms with Gasteiger partial charge in [-0.25, -0.2) is 4.98 Å². The minimum Gasteiger partial charge on any atom is -0.497 e. The third kappa shape index (κ3) is 4.28. The average Bonchev–Trinajstić information content (AvgIpc) is 2.74. The lowest BCUT2D eigenvalue weighted by Gasteiger charge is -2.36. The maximum atomic E-state index is 6.04. The molecule has 1 aliphatic heterocycles. The third-order valence-corrected chi connectivity index (χ3v) is 5.00. The number of halogens is 1. The molecular weight excluding hydrogens is 374 g/mol. The summed E-state index contributed by atoms with van der Waals surface area (Å²) in [6.07, 6.45) is 1.78. The second kappa shape index (κ2) is 8.35. The SMILES string of the molecule is COc1ccc(N2CCN(c3ccnc(Nc4cccc(Cl)c4)n3)CC2)cc1. The molecule has 4 rings (SSSR count). The van der Waals surface area contributed by atoms with Gasteiger partial charge in [-0.2, -0.15) is 4.98 Å². The van der Waals surface area contributed by atoms with E-state index in [1.54, 1.807) is 13.3 Å². The van der Waals surface area contributed by atoms with E-state index in [2.05, 4.69) is 37.2 Å². The Balaban J connectivity index is 1.40. The molecule has 0 aliphatic carbocycles. The molecule has 28 heavy (non-hydrogen) atoms. The molecule has 2 heterocycles. The highest BCUT2D eigenvalue weighted by atomic mass is 35.5. The van der Waals surface area contributed by atoms with Gasteiger partial charge >= 0.3 is 0 Å². The Bertz CT molecular complexity index is 926. The summed E-state index contributed by atoms with van der Waals surface area (Å²) in [5.41, 5.74) is 2.08. The largest absolute Gasteiger partial charge is 0.497 e. The number of aromatic nitrogens is 2. The second-order valence-corrected chi connectivity index (χ2v) is 6.98. The minimum absolute atomic E-state index is 0.567. The zero-order valence-corrected chi connectivity index (χ0v) is 16.4. The number of nitrogens with zero attached hydrogens (tertiary/aromatic N) is 4. The summed E-state index contributed by atoms with van der Waals surface area (Å²) in [6, 6.07) is 17.7. The van der Waals surface area contributed by atoms with Crippen LogP contribution >= 0.6 is 11.6 Å². The van der Waals surface area contributed by atoms with Crippen molar-refractivity contribution in [2.45, 2.75) is 0 Å². The predicted octanol–water partition coefficient (Wildman–Crippen LogP) is 4.21. The number of hydrogen-bond acceptors (Lipinski definition) is 6. The van der Waals surface area contributed by atoms with Crippen LogP contribution in [0.2, 0.25) is 5.02 Å². The first-order valence-corrected chi connectivity index (χ1v) is 9.59. The van der Waals surface area contributed by atoms with Crippen LogP contribution in [-0.4, -0.2) is 43.3 Å². The van der Waals surface area contributed by atoms with Crippen molar-refractivity contribution < 1.29 is 4.74 Å². The zero-order valence-electron chi connectivity index (χ0n) is 15.7. The number of methoxy groups -OCH3 is 1. The van der Waals surface area contributed by atoms with Gasteiger partial charge in [-0.1, -0.05) is 17.7 Å². The second-order valence-electron chi connectivity index (χ2n) is 6.55. The van der Waals surface area contributed by atoms with Gasteiger partial charge in [-0.15, -0.1) is 0 Å². The van der Waals surface area contributed by atoms with Gasteiger partial charge in [0.05, 0.1) is 7.11 Å². The van der Waals surface area contributed by atoms with Crippen molar-refractivity contribution in [3.05, 3.63) is 65.8 Å². The molecular formula is C21H22ClN5O. The maximum absolute atomic E-state index is 6.04. The van der Waals surface area contributed by atoms with Crippen LogP contribution in [0.15, 0.2) is 60.8 Å². The first-order chi connectivity index (χ1) is 13.7. The standard InChI is InChI=1S/C21H22ClN5O/c1-28-19-7-5-18(6-8-19)26-11-13-27(14-12-26)20-9-10-23-21(25-20)24-17-4-2-3-16(22)15-17/h2-10,15H,11-14H2,1H3,(H,23,24,25). The van der Waals surface area contributed by atoms with E-state index in [1.807, 2.05) is 42.5 Å². The Kier molecular flexibility index (Phi) is 5.48. The van der Waals surface area contributed by atoms with Crippen LogP contribution in [0.3, 0.4) is 0 Å². The highest BCUT2D eigenvalue weighted by Crippen LogP contribution is 2.23. The summed E-state index contributed by atoms with van der Waals surface area (Å²) in [7, 11) is 1.69. The Morgan fingerprint density at radius 2 is 1.71 bits per heavy atom. The van der Waals surface area contributed by atoms with Crippen molar-refractivity contribution in [1.82, 2.24) is 9.97 Å². The maximum Gasteiger partial charge on any atom is 0.229 e. The topological polar surface area (TPSA) is 53.5 Å². The molecule has 0 atom stereocenters. The van der Waals surface area contributed by atoms with Crippen molar-refractivity contribution in [2.75, 3.05) is 48.4 Å².